The second kappa shape index (κ2) is 5.92. The van der Waals surface area contributed by atoms with Crippen LogP contribution in [0.25, 0.3) is 0 Å². The van der Waals surface area contributed by atoms with Gasteiger partial charge < -0.3 is 10.5 Å². The van der Waals surface area contributed by atoms with Crippen LogP contribution < -0.4 is 5.73 Å². The number of hydrogen-bond donors (Lipinski definition) is 1. The lowest BCUT2D eigenvalue weighted by Crippen LogP contribution is -2.39. The second-order valence-corrected chi connectivity index (χ2v) is 7.41. The molecule has 2 heteroatoms. The van der Waals surface area contributed by atoms with Gasteiger partial charge in [0.2, 0.25) is 0 Å². The van der Waals surface area contributed by atoms with E-state index in [0.717, 1.165) is 6.61 Å². The zero-order chi connectivity index (χ0) is 13.1. The van der Waals surface area contributed by atoms with Crippen molar-refractivity contribution >= 4 is 0 Å². The highest BCUT2D eigenvalue weighted by Crippen LogP contribution is 2.39. The smallest absolute Gasteiger partial charge is 0.0576 e. The third-order valence-corrected chi connectivity index (χ3v) is 5.05. The minimum atomic E-state index is 0.117. The van der Waals surface area contributed by atoms with E-state index in [1.54, 1.807) is 0 Å². The standard InChI is InChI=1S/C16H31NO/c1-15(2)8-5-10-16(17,12-11-15)9-3-6-14-7-4-13-18-14/h14H,3-13,17H2,1-2H3. The second-order valence-electron chi connectivity index (χ2n) is 7.41. The van der Waals surface area contributed by atoms with Crippen LogP contribution in [0.5, 0.6) is 0 Å². The average molecular weight is 253 g/mol. The molecule has 2 unspecified atom stereocenters. The van der Waals surface area contributed by atoms with Crippen molar-refractivity contribution in [3.05, 3.63) is 0 Å². The van der Waals surface area contributed by atoms with Crippen LogP contribution in [0.15, 0.2) is 0 Å². The molecule has 0 aromatic heterocycles. The molecule has 1 aliphatic heterocycles. The predicted molar refractivity (Wildman–Crippen MR) is 76.6 cm³/mol. The molecule has 1 aliphatic carbocycles. The van der Waals surface area contributed by atoms with Crippen molar-refractivity contribution in [1.29, 1.82) is 0 Å². The molecule has 0 spiro atoms. The van der Waals surface area contributed by atoms with Crippen LogP contribution in [0.1, 0.15) is 78.1 Å². The summed E-state index contributed by atoms with van der Waals surface area (Å²) in [5, 5.41) is 0. The zero-order valence-electron chi connectivity index (χ0n) is 12.3. The van der Waals surface area contributed by atoms with Gasteiger partial charge in [-0.25, -0.2) is 0 Å². The lowest BCUT2D eigenvalue weighted by molar-refractivity contribution is 0.0995. The lowest BCUT2D eigenvalue weighted by atomic mass is 9.82. The van der Waals surface area contributed by atoms with Crippen molar-refractivity contribution in [1.82, 2.24) is 0 Å². The summed E-state index contributed by atoms with van der Waals surface area (Å²) < 4.78 is 5.69. The maximum Gasteiger partial charge on any atom is 0.0576 e. The Bertz CT molecular complexity index is 258. The zero-order valence-corrected chi connectivity index (χ0v) is 12.3. The van der Waals surface area contributed by atoms with Gasteiger partial charge in [-0.05, 0) is 63.2 Å². The van der Waals surface area contributed by atoms with Gasteiger partial charge in [-0.1, -0.05) is 20.3 Å². The molecule has 0 radical (unpaired) electrons. The molecule has 2 N–H and O–H groups in total. The monoisotopic (exact) mass is 253 g/mol. The fourth-order valence-corrected chi connectivity index (χ4v) is 3.56. The van der Waals surface area contributed by atoms with E-state index in [0.29, 0.717) is 11.5 Å². The fraction of sp³-hybridized carbons (Fsp3) is 1.00. The van der Waals surface area contributed by atoms with Crippen LogP contribution >= 0.6 is 0 Å². The van der Waals surface area contributed by atoms with Gasteiger partial charge in [0.25, 0.3) is 0 Å². The molecule has 2 atom stereocenters. The maximum atomic E-state index is 6.62. The largest absolute Gasteiger partial charge is 0.378 e. The van der Waals surface area contributed by atoms with E-state index in [1.165, 1.54) is 64.2 Å². The van der Waals surface area contributed by atoms with E-state index in [-0.39, 0.29) is 5.54 Å². The Kier molecular flexibility index (Phi) is 4.71. The van der Waals surface area contributed by atoms with Crippen molar-refractivity contribution < 1.29 is 4.74 Å². The quantitative estimate of drug-likeness (QED) is 0.768. The first kappa shape index (κ1) is 14.3. The van der Waals surface area contributed by atoms with E-state index in [2.05, 4.69) is 13.8 Å². The van der Waals surface area contributed by atoms with Crippen molar-refractivity contribution in [3.63, 3.8) is 0 Å². The number of rotatable bonds is 4. The predicted octanol–water partition coefficient (Wildman–Crippen LogP) is 4.02. The summed E-state index contributed by atoms with van der Waals surface area (Å²) in [6.07, 6.45) is 13.1. The molecule has 2 aliphatic rings. The Balaban J connectivity index is 1.73. The van der Waals surface area contributed by atoms with Gasteiger partial charge in [0, 0.05) is 12.1 Å². The van der Waals surface area contributed by atoms with Gasteiger partial charge in [0.05, 0.1) is 6.10 Å². The molecule has 0 amide bonds. The van der Waals surface area contributed by atoms with Gasteiger partial charge in [-0.2, -0.15) is 0 Å². The summed E-state index contributed by atoms with van der Waals surface area (Å²) in [6, 6.07) is 0. The summed E-state index contributed by atoms with van der Waals surface area (Å²) in [5.41, 5.74) is 7.25. The van der Waals surface area contributed by atoms with Gasteiger partial charge >= 0.3 is 0 Å². The van der Waals surface area contributed by atoms with Crippen LogP contribution in [-0.4, -0.2) is 18.2 Å². The number of nitrogens with two attached hydrogens (primary N) is 1. The molecule has 2 rings (SSSR count). The molecule has 1 saturated carbocycles. The summed E-state index contributed by atoms with van der Waals surface area (Å²) >= 11 is 0. The van der Waals surface area contributed by atoms with Crippen LogP contribution in [0.4, 0.5) is 0 Å². The Morgan fingerprint density at radius 3 is 2.67 bits per heavy atom. The first-order chi connectivity index (χ1) is 8.49. The Labute approximate surface area is 113 Å². The SMILES string of the molecule is CC1(C)CCCC(N)(CCCC2CCCO2)CC1. The van der Waals surface area contributed by atoms with E-state index < -0.39 is 0 Å². The normalized spacial score (nSPS) is 36.5. The van der Waals surface area contributed by atoms with Gasteiger partial charge in [0.15, 0.2) is 0 Å². The molecule has 0 bridgehead atoms. The highest BCUT2D eigenvalue weighted by atomic mass is 16.5. The van der Waals surface area contributed by atoms with Gasteiger partial charge in [-0.15, -0.1) is 0 Å². The third kappa shape index (κ3) is 4.24. The molecular weight excluding hydrogens is 222 g/mol. The highest BCUT2D eigenvalue weighted by Gasteiger charge is 2.32. The van der Waals surface area contributed by atoms with Crippen molar-refractivity contribution in [3.8, 4) is 0 Å². The molecule has 2 nitrogen and oxygen atoms in total. The molecular formula is C16H31NO. The number of ether oxygens (including phenoxy) is 1. The van der Waals surface area contributed by atoms with E-state index in [1.807, 2.05) is 0 Å². The summed E-state index contributed by atoms with van der Waals surface area (Å²) in [6.45, 7) is 5.77. The summed E-state index contributed by atoms with van der Waals surface area (Å²) in [4.78, 5) is 0. The highest BCUT2D eigenvalue weighted by molar-refractivity contribution is 4.90. The molecule has 18 heavy (non-hydrogen) atoms. The Morgan fingerprint density at radius 1 is 1.11 bits per heavy atom. The van der Waals surface area contributed by atoms with Gasteiger partial charge in [-0.3, -0.25) is 0 Å². The summed E-state index contributed by atoms with van der Waals surface area (Å²) in [5.74, 6) is 0. The van der Waals surface area contributed by atoms with E-state index in [4.69, 9.17) is 10.5 Å². The van der Waals surface area contributed by atoms with Crippen molar-refractivity contribution in [2.45, 2.75) is 89.7 Å². The minimum Gasteiger partial charge on any atom is -0.378 e. The van der Waals surface area contributed by atoms with Crippen LogP contribution in [0.2, 0.25) is 0 Å². The fourth-order valence-electron chi connectivity index (χ4n) is 3.56. The van der Waals surface area contributed by atoms with Crippen molar-refractivity contribution in [2.75, 3.05) is 6.61 Å². The van der Waals surface area contributed by atoms with Gasteiger partial charge in [0.1, 0.15) is 0 Å². The van der Waals surface area contributed by atoms with E-state index in [9.17, 15) is 0 Å². The molecule has 2 fully saturated rings. The van der Waals surface area contributed by atoms with Crippen molar-refractivity contribution in [2.24, 2.45) is 11.1 Å². The molecule has 1 saturated heterocycles. The van der Waals surface area contributed by atoms with Crippen LogP contribution in [0, 0.1) is 5.41 Å². The third-order valence-electron chi connectivity index (χ3n) is 5.05. The van der Waals surface area contributed by atoms with Crippen LogP contribution in [-0.2, 0) is 4.74 Å². The Hall–Kier alpha value is -0.0800. The van der Waals surface area contributed by atoms with E-state index >= 15 is 0 Å². The first-order valence-corrected chi connectivity index (χ1v) is 7.90. The maximum absolute atomic E-state index is 6.62. The summed E-state index contributed by atoms with van der Waals surface area (Å²) in [7, 11) is 0. The van der Waals surface area contributed by atoms with Crippen LogP contribution in [0.3, 0.4) is 0 Å². The average Bonchev–Trinajstić information content (AvgIpc) is 2.75. The molecule has 0 aromatic rings. The molecule has 106 valence electrons. The number of hydrogen-bond acceptors (Lipinski definition) is 2. The minimum absolute atomic E-state index is 0.117. The topological polar surface area (TPSA) is 35.2 Å². The Morgan fingerprint density at radius 2 is 1.94 bits per heavy atom. The lowest BCUT2D eigenvalue weighted by Gasteiger charge is -2.29. The molecule has 1 heterocycles. The molecule has 0 aromatic carbocycles. The first-order valence-electron chi connectivity index (χ1n) is 7.90.